The highest BCUT2D eigenvalue weighted by atomic mass is 16.6. The van der Waals surface area contributed by atoms with E-state index in [0.717, 1.165) is 12.8 Å². The van der Waals surface area contributed by atoms with Crippen LogP contribution >= 0.6 is 0 Å². The maximum atomic E-state index is 12.4. The van der Waals surface area contributed by atoms with Crippen molar-refractivity contribution in [3.05, 3.63) is 30.4 Å². The van der Waals surface area contributed by atoms with Crippen molar-refractivity contribution in [2.24, 2.45) is 0 Å². The first kappa shape index (κ1) is 24.6. The zero-order valence-electron chi connectivity index (χ0n) is 20.1. The lowest BCUT2D eigenvalue weighted by molar-refractivity contribution is -0.137. The second-order valence-corrected chi connectivity index (χ2v) is 8.58. The molecule has 1 saturated carbocycles. The number of carbonyl (C=O) groups is 1. The number of nitrogens with zero attached hydrogens (tertiary/aromatic N) is 4. The van der Waals surface area contributed by atoms with Crippen LogP contribution in [0.1, 0.15) is 24.9 Å². The number of nitrogens with two attached hydrogens (primary N) is 1. The zero-order chi connectivity index (χ0) is 26.1. The Bertz CT molecular complexity index is 1380. The summed E-state index contributed by atoms with van der Waals surface area (Å²) in [6.45, 7) is -0.00147. The number of anilines is 1. The van der Waals surface area contributed by atoms with Gasteiger partial charge in [-0.1, -0.05) is 5.92 Å². The summed E-state index contributed by atoms with van der Waals surface area (Å²) in [5, 5.41) is 23.8. The summed E-state index contributed by atoms with van der Waals surface area (Å²) < 4.78 is 23.3. The average molecular weight is 511 g/mol. The normalized spacial score (nSPS) is 22.8. The van der Waals surface area contributed by atoms with Crippen LogP contribution in [0.15, 0.2) is 24.5 Å². The number of aliphatic hydroxyl groups is 2. The quantitative estimate of drug-likeness (QED) is 0.308. The lowest BCUT2D eigenvalue weighted by Gasteiger charge is -2.16. The molecule has 13 heteroatoms. The molecule has 1 aliphatic heterocycles. The third-order valence-corrected chi connectivity index (χ3v) is 6.01. The van der Waals surface area contributed by atoms with E-state index in [0.29, 0.717) is 17.2 Å². The molecule has 0 bridgehead atoms. The van der Waals surface area contributed by atoms with Crippen LogP contribution in [-0.4, -0.2) is 80.8 Å². The molecule has 3 aromatic rings. The number of nitrogens with one attached hydrogen (secondary N) is 1. The van der Waals surface area contributed by atoms with Gasteiger partial charge in [0.15, 0.2) is 35.3 Å². The molecule has 13 nitrogen and oxygen atoms in total. The first-order valence-electron chi connectivity index (χ1n) is 11.5. The molecule has 5 rings (SSSR count). The highest BCUT2D eigenvalue weighted by Gasteiger charge is 2.48. The van der Waals surface area contributed by atoms with E-state index in [-0.39, 0.29) is 35.5 Å². The maximum absolute atomic E-state index is 12.4. The fraction of sp³-hybridized carbons (Fsp3) is 0.417. The number of carbonyl (C=O) groups excluding carboxylic acids is 1. The summed E-state index contributed by atoms with van der Waals surface area (Å²) >= 11 is 0. The molecular weight excluding hydrogens is 484 g/mol. The molecule has 2 fully saturated rings. The Morgan fingerprint density at radius 2 is 2.03 bits per heavy atom. The van der Waals surface area contributed by atoms with Crippen LogP contribution in [0.5, 0.6) is 17.2 Å². The minimum atomic E-state index is -1.43. The lowest BCUT2D eigenvalue weighted by atomic mass is 10.1. The molecular formula is C24H26N6O7. The largest absolute Gasteiger partial charge is 0.497 e. The van der Waals surface area contributed by atoms with Crippen molar-refractivity contribution in [2.75, 3.05) is 26.6 Å². The van der Waals surface area contributed by atoms with Gasteiger partial charge in [0.1, 0.15) is 30.1 Å². The van der Waals surface area contributed by atoms with Crippen molar-refractivity contribution in [2.45, 2.75) is 43.4 Å². The van der Waals surface area contributed by atoms with Gasteiger partial charge in [-0.2, -0.15) is 0 Å². The van der Waals surface area contributed by atoms with Gasteiger partial charge in [0, 0.05) is 12.1 Å². The third-order valence-electron chi connectivity index (χ3n) is 6.01. The molecule has 3 heterocycles. The molecule has 1 aliphatic carbocycles. The van der Waals surface area contributed by atoms with Gasteiger partial charge < -0.3 is 40.2 Å². The molecule has 1 aromatic carbocycles. The Kier molecular flexibility index (Phi) is 6.70. The van der Waals surface area contributed by atoms with Crippen LogP contribution < -0.4 is 25.3 Å². The summed E-state index contributed by atoms with van der Waals surface area (Å²) in [6, 6.07) is 5.23. The van der Waals surface area contributed by atoms with Crippen molar-refractivity contribution < 1.29 is 34.0 Å². The number of nitrogen functional groups attached to an aromatic ring is 1. The van der Waals surface area contributed by atoms with Gasteiger partial charge in [0.25, 0.3) is 5.91 Å². The number of hydrogen-bond acceptors (Lipinski definition) is 11. The van der Waals surface area contributed by atoms with Crippen LogP contribution in [0.2, 0.25) is 0 Å². The lowest BCUT2D eigenvalue weighted by Crippen LogP contribution is -2.43. The highest BCUT2D eigenvalue weighted by molar-refractivity contribution is 5.83. The van der Waals surface area contributed by atoms with E-state index in [1.165, 1.54) is 18.0 Å². The maximum Gasteiger partial charge on any atom is 0.252 e. The molecule has 0 radical (unpaired) electrons. The SMILES string of the molecule is COc1ccc(OC)c(OCC#Cc2nc(N)c3ncn([C@@H]4O[C@H](C(=O)NC5CC5)[C@@H](O)[C@H]4O)c3n2)c1. The van der Waals surface area contributed by atoms with E-state index < -0.39 is 30.4 Å². The number of fused-ring (bicyclic) bond motifs is 1. The van der Waals surface area contributed by atoms with Crippen molar-refractivity contribution in [3.63, 3.8) is 0 Å². The number of aromatic nitrogens is 4. The Morgan fingerprint density at radius 1 is 1.22 bits per heavy atom. The fourth-order valence-electron chi connectivity index (χ4n) is 3.92. The minimum Gasteiger partial charge on any atom is -0.497 e. The molecule has 4 atom stereocenters. The second kappa shape index (κ2) is 10.1. The standard InChI is InChI=1S/C24H26N6O7/c1-34-13-7-8-14(35-2)15(10-13)36-9-3-4-16-28-21(25)17-22(29-16)30(11-26-17)24-19(32)18(31)20(37-24)23(33)27-12-5-6-12/h7-8,10-12,18-20,24,31-32H,5-6,9H2,1-2H3,(H,27,33)(H2,25,28,29)/t18-,19+,20-,24+/m0/s1. The number of aliphatic hydroxyl groups excluding tert-OH is 2. The van der Waals surface area contributed by atoms with Crippen LogP contribution in [-0.2, 0) is 9.53 Å². The van der Waals surface area contributed by atoms with E-state index in [1.807, 2.05) is 0 Å². The number of amides is 1. The highest BCUT2D eigenvalue weighted by Crippen LogP contribution is 2.33. The fourth-order valence-corrected chi connectivity index (χ4v) is 3.92. The minimum absolute atomic E-state index is 0.00147. The van der Waals surface area contributed by atoms with Gasteiger partial charge >= 0.3 is 0 Å². The van der Waals surface area contributed by atoms with Gasteiger partial charge in [-0.25, -0.2) is 15.0 Å². The predicted molar refractivity (Wildman–Crippen MR) is 129 cm³/mol. The van der Waals surface area contributed by atoms with Crippen LogP contribution in [0, 0.1) is 11.8 Å². The first-order chi connectivity index (χ1) is 17.9. The van der Waals surface area contributed by atoms with Crippen molar-refractivity contribution >= 4 is 22.9 Å². The molecule has 0 unspecified atom stereocenters. The molecule has 2 aromatic heterocycles. The number of ether oxygens (including phenoxy) is 4. The van der Waals surface area contributed by atoms with Gasteiger partial charge in [-0.15, -0.1) is 0 Å². The second-order valence-electron chi connectivity index (χ2n) is 8.58. The Hall–Kier alpha value is -4.12. The summed E-state index contributed by atoms with van der Waals surface area (Å²) in [6.07, 6.45) is -2.06. The monoisotopic (exact) mass is 510 g/mol. The first-order valence-corrected chi connectivity index (χ1v) is 11.5. The number of hydrogen-bond donors (Lipinski definition) is 4. The van der Waals surface area contributed by atoms with E-state index in [9.17, 15) is 15.0 Å². The molecule has 1 amide bonds. The Morgan fingerprint density at radius 3 is 2.76 bits per heavy atom. The molecule has 5 N–H and O–H groups in total. The smallest absolute Gasteiger partial charge is 0.252 e. The molecule has 2 aliphatic rings. The molecule has 194 valence electrons. The van der Waals surface area contributed by atoms with Crippen molar-refractivity contribution in [1.29, 1.82) is 0 Å². The van der Waals surface area contributed by atoms with Crippen LogP contribution in [0.25, 0.3) is 11.2 Å². The van der Waals surface area contributed by atoms with E-state index in [1.54, 1.807) is 25.3 Å². The average Bonchev–Trinajstić information content (AvgIpc) is 3.53. The number of rotatable bonds is 7. The molecule has 0 spiro atoms. The van der Waals surface area contributed by atoms with Crippen molar-refractivity contribution in [3.8, 4) is 29.1 Å². The van der Waals surface area contributed by atoms with Crippen LogP contribution in [0.3, 0.4) is 0 Å². The predicted octanol–water partition coefficient (Wildman–Crippen LogP) is -0.246. The van der Waals surface area contributed by atoms with Gasteiger partial charge in [-0.3, -0.25) is 9.36 Å². The van der Waals surface area contributed by atoms with E-state index >= 15 is 0 Å². The van der Waals surface area contributed by atoms with Crippen molar-refractivity contribution in [1.82, 2.24) is 24.8 Å². The Balaban J connectivity index is 1.35. The molecule has 37 heavy (non-hydrogen) atoms. The van der Waals surface area contributed by atoms with Crippen LogP contribution in [0.4, 0.5) is 5.82 Å². The number of benzene rings is 1. The summed E-state index contributed by atoms with van der Waals surface area (Å²) in [4.78, 5) is 25.2. The Labute approximate surface area is 211 Å². The van der Waals surface area contributed by atoms with E-state index in [2.05, 4.69) is 32.1 Å². The zero-order valence-corrected chi connectivity index (χ0v) is 20.1. The number of imidazole rings is 1. The van der Waals surface area contributed by atoms with E-state index in [4.69, 9.17) is 24.7 Å². The number of methoxy groups -OCH3 is 2. The topological polar surface area (TPSA) is 176 Å². The summed E-state index contributed by atoms with van der Waals surface area (Å²) in [7, 11) is 3.08. The summed E-state index contributed by atoms with van der Waals surface area (Å²) in [5.41, 5.74) is 6.55. The van der Waals surface area contributed by atoms with Gasteiger partial charge in [0.2, 0.25) is 5.82 Å². The van der Waals surface area contributed by atoms with Gasteiger partial charge in [0.05, 0.1) is 20.5 Å². The van der Waals surface area contributed by atoms with Gasteiger partial charge in [-0.05, 0) is 30.9 Å². The third kappa shape index (κ3) is 4.94. The summed E-state index contributed by atoms with van der Waals surface area (Å²) in [5.74, 6) is 6.87. The molecule has 1 saturated heterocycles.